The van der Waals surface area contributed by atoms with Crippen molar-refractivity contribution in [2.24, 2.45) is 4.99 Å². The molecule has 1 aliphatic rings. The van der Waals surface area contributed by atoms with Crippen LogP contribution in [0.1, 0.15) is 31.5 Å². The monoisotopic (exact) mass is 394 g/mol. The molecule has 0 amide bonds. The van der Waals surface area contributed by atoms with Crippen LogP contribution in [-0.2, 0) is 6.54 Å². The number of pyridine rings is 1. The minimum atomic E-state index is 0.223. The maximum atomic E-state index is 4.39. The zero-order valence-electron chi connectivity index (χ0n) is 16.1. The van der Waals surface area contributed by atoms with Crippen molar-refractivity contribution in [1.82, 2.24) is 25.2 Å². The zero-order chi connectivity index (χ0) is 19.2. The maximum absolute atomic E-state index is 4.39. The van der Waals surface area contributed by atoms with E-state index in [-0.39, 0.29) is 4.75 Å². The van der Waals surface area contributed by atoms with Crippen LogP contribution in [0.4, 0.5) is 0 Å². The molecule has 2 aromatic heterocycles. The molecular formula is C21H26N6S. The first kappa shape index (κ1) is 18.8. The van der Waals surface area contributed by atoms with Crippen molar-refractivity contribution in [2.75, 3.05) is 13.6 Å². The van der Waals surface area contributed by atoms with Gasteiger partial charge < -0.3 is 10.6 Å². The molecule has 2 heterocycles. The second-order valence-electron chi connectivity index (χ2n) is 7.13. The molecule has 1 aromatic carbocycles. The summed E-state index contributed by atoms with van der Waals surface area (Å²) < 4.78 is 2.21. The third kappa shape index (κ3) is 4.30. The van der Waals surface area contributed by atoms with Gasteiger partial charge in [0.15, 0.2) is 17.4 Å². The van der Waals surface area contributed by atoms with E-state index in [0.29, 0.717) is 6.54 Å². The van der Waals surface area contributed by atoms with E-state index in [9.17, 15) is 0 Å². The van der Waals surface area contributed by atoms with E-state index >= 15 is 0 Å². The van der Waals surface area contributed by atoms with Crippen molar-refractivity contribution in [3.05, 3.63) is 60.6 Å². The standard InChI is InChI=1S/C21H26N6S/c1-22-20(23-15-19-26-25-18-11-5-8-14-27(18)19)24-16-21(12-6-7-13-21)28-17-9-3-2-4-10-17/h2-5,8-11,14H,6-7,12-13,15-16H2,1H3,(H2,22,23,24). The molecule has 4 rings (SSSR count). The van der Waals surface area contributed by atoms with E-state index in [1.165, 1.54) is 30.6 Å². The van der Waals surface area contributed by atoms with Gasteiger partial charge in [0.25, 0.3) is 0 Å². The average Bonchev–Trinajstić information content (AvgIpc) is 3.36. The fourth-order valence-electron chi connectivity index (χ4n) is 3.71. The molecule has 0 bridgehead atoms. The molecule has 1 fully saturated rings. The van der Waals surface area contributed by atoms with E-state index in [4.69, 9.17) is 0 Å². The fraction of sp³-hybridized carbons (Fsp3) is 0.381. The lowest BCUT2D eigenvalue weighted by molar-refractivity contribution is 0.581. The number of aromatic nitrogens is 3. The van der Waals surface area contributed by atoms with Gasteiger partial charge >= 0.3 is 0 Å². The fourth-order valence-corrected chi connectivity index (χ4v) is 5.14. The molecule has 0 radical (unpaired) electrons. The molecule has 0 aliphatic heterocycles. The smallest absolute Gasteiger partial charge is 0.191 e. The number of benzene rings is 1. The van der Waals surface area contributed by atoms with E-state index in [1.807, 2.05) is 47.6 Å². The summed E-state index contributed by atoms with van der Waals surface area (Å²) in [7, 11) is 1.81. The number of hydrogen-bond acceptors (Lipinski definition) is 4. The molecule has 146 valence electrons. The number of hydrogen-bond donors (Lipinski definition) is 2. The Kier molecular flexibility index (Phi) is 5.81. The maximum Gasteiger partial charge on any atom is 0.191 e. The first-order valence-corrected chi connectivity index (χ1v) is 10.6. The van der Waals surface area contributed by atoms with Crippen LogP contribution in [0.2, 0.25) is 0 Å². The summed E-state index contributed by atoms with van der Waals surface area (Å²) in [4.78, 5) is 5.73. The van der Waals surface area contributed by atoms with Gasteiger partial charge in [-0.25, -0.2) is 0 Å². The zero-order valence-corrected chi connectivity index (χ0v) is 17.0. The van der Waals surface area contributed by atoms with Crippen molar-refractivity contribution in [3.8, 4) is 0 Å². The lowest BCUT2D eigenvalue weighted by atomic mass is 10.1. The lowest BCUT2D eigenvalue weighted by Gasteiger charge is -2.29. The summed E-state index contributed by atoms with van der Waals surface area (Å²) in [5, 5.41) is 15.4. The number of guanidine groups is 1. The first-order valence-electron chi connectivity index (χ1n) is 9.75. The van der Waals surface area contributed by atoms with Crippen LogP contribution >= 0.6 is 11.8 Å². The Hall–Kier alpha value is -2.54. The number of fused-ring (bicyclic) bond motifs is 1. The summed E-state index contributed by atoms with van der Waals surface area (Å²) in [5.41, 5.74) is 0.853. The van der Waals surface area contributed by atoms with Gasteiger partial charge in [0.2, 0.25) is 0 Å². The van der Waals surface area contributed by atoms with Crippen molar-refractivity contribution in [2.45, 2.75) is 41.9 Å². The van der Waals surface area contributed by atoms with E-state index < -0.39 is 0 Å². The van der Waals surface area contributed by atoms with E-state index in [2.05, 4.69) is 56.2 Å². The van der Waals surface area contributed by atoms with Gasteiger partial charge in [-0.3, -0.25) is 9.39 Å². The number of nitrogens with one attached hydrogen (secondary N) is 2. The second-order valence-corrected chi connectivity index (χ2v) is 8.67. The third-order valence-corrected chi connectivity index (χ3v) is 6.69. The summed E-state index contributed by atoms with van der Waals surface area (Å²) in [6.07, 6.45) is 7.02. The van der Waals surface area contributed by atoms with Gasteiger partial charge in [0.05, 0.1) is 6.54 Å². The highest BCUT2D eigenvalue weighted by atomic mass is 32.2. The Balaban J connectivity index is 1.37. The van der Waals surface area contributed by atoms with Gasteiger partial charge in [-0.1, -0.05) is 37.1 Å². The largest absolute Gasteiger partial charge is 0.355 e. The van der Waals surface area contributed by atoms with Gasteiger partial charge in [-0.15, -0.1) is 22.0 Å². The van der Waals surface area contributed by atoms with Gasteiger partial charge in [0.1, 0.15) is 0 Å². The lowest BCUT2D eigenvalue weighted by Crippen LogP contribution is -2.44. The van der Waals surface area contributed by atoms with Crippen LogP contribution < -0.4 is 10.6 Å². The topological polar surface area (TPSA) is 66.6 Å². The molecule has 3 aromatic rings. The second kappa shape index (κ2) is 8.65. The van der Waals surface area contributed by atoms with Crippen LogP contribution in [0.3, 0.4) is 0 Å². The number of nitrogens with zero attached hydrogens (tertiary/aromatic N) is 4. The molecule has 1 aliphatic carbocycles. The molecule has 2 N–H and O–H groups in total. The minimum Gasteiger partial charge on any atom is -0.355 e. The summed E-state index contributed by atoms with van der Waals surface area (Å²) in [6, 6.07) is 16.6. The summed E-state index contributed by atoms with van der Waals surface area (Å²) >= 11 is 2.00. The molecular weight excluding hydrogens is 368 g/mol. The normalized spacial score (nSPS) is 16.4. The van der Waals surface area contributed by atoms with Crippen molar-refractivity contribution in [1.29, 1.82) is 0 Å². The summed E-state index contributed by atoms with van der Waals surface area (Å²) in [6.45, 7) is 1.47. The van der Waals surface area contributed by atoms with Gasteiger partial charge in [-0.2, -0.15) is 0 Å². The number of rotatable bonds is 6. The van der Waals surface area contributed by atoms with Crippen LogP contribution in [0.25, 0.3) is 5.65 Å². The van der Waals surface area contributed by atoms with Crippen LogP contribution in [0.5, 0.6) is 0 Å². The Morgan fingerprint density at radius 2 is 1.86 bits per heavy atom. The molecule has 6 nitrogen and oxygen atoms in total. The van der Waals surface area contributed by atoms with Gasteiger partial charge in [-0.05, 0) is 37.1 Å². The number of thioether (sulfide) groups is 1. The highest BCUT2D eigenvalue weighted by Gasteiger charge is 2.35. The number of aliphatic imine (C=N–C) groups is 1. The predicted molar refractivity (Wildman–Crippen MR) is 115 cm³/mol. The summed E-state index contributed by atoms with van der Waals surface area (Å²) in [5.74, 6) is 1.67. The first-order chi connectivity index (χ1) is 13.8. The van der Waals surface area contributed by atoms with Gasteiger partial charge in [0, 0.05) is 29.4 Å². The minimum absolute atomic E-state index is 0.223. The molecule has 7 heteroatoms. The molecule has 1 saturated carbocycles. The highest BCUT2D eigenvalue weighted by Crippen LogP contribution is 2.44. The molecule has 0 saturated heterocycles. The molecule has 0 unspecified atom stereocenters. The van der Waals surface area contributed by atoms with Crippen LogP contribution in [-0.4, -0.2) is 38.9 Å². The Bertz CT molecular complexity index is 930. The average molecular weight is 395 g/mol. The van der Waals surface area contributed by atoms with Crippen molar-refractivity contribution < 1.29 is 0 Å². The van der Waals surface area contributed by atoms with E-state index in [0.717, 1.165) is 24.0 Å². The predicted octanol–water partition coefficient (Wildman–Crippen LogP) is 3.50. The van der Waals surface area contributed by atoms with Crippen LogP contribution in [0, 0.1) is 0 Å². The molecule has 28 heavy (non-hydrogen) atoms. The Morgan fingerprint density at radius 3 is 2.64 bits per heavy atom. The highest BCUT2D eigenvalue weighted by molar-refractivity contribution is 8.00. The van der Waals surface area contributed by atoms with Crippen molar-refractivity contribution in [3.63, 3.8) is 0 Å². The SMILES string of the molecule is CN=C(NCc1nnc2ccccn12)NCC1(Sc2ccccc2)CCCC1. The molecule has 0 atom stereocenters. The Labute approximate surface area is 169 Å². The van der Waals surface area contributed by atoms with Crippen molar-refractivity contribution >= 4 is 23.4 Å². The Morgan fingerprint density at radius 1 is 1.07 bits per heavy atom. The van der Waals surface area contributed by atoms with Crippen LogP contribution in [0.15, 0.2) is 64.6 Å². The third-order valence-electron chi connectivity index (χ3n) is 5.19. The molecule has 0 spiro atoms. The van der Waals surface area contributed by atoms with E-state index in [1.54, 1.807) is 0 Å². The quantitative estimate of drug-likeness (QED) is 0.495.